The molecule has 0 spiro atoms. The maximum atomic E-state index is 16.7. The van der Waals surface area contributed by atoms with Crippen LogP contribution in [-0.4, -0.2) is 53.7 Å². The lowest BCUT2D eigenvalue weighted by atomic mass is 9.92. The van der Waals surface area contributed by atoms with Gasteiger partial charge >= 0.3 is 12.2 Å². The Balaban J connectivity index is 1.48. The summed E-state index contributed by atoms with van der Waals surface area (Å²) in [5.74, 6) is -2.19. The molecule has 43 heavy (non-hydrogen) atoms. The predicted molar refractivity (Wildman–Crippen MR) is 149 cm³/mol. The van der Waals surface area contributed by atoms with E-state index in [1.165, 1.54) is 0 Å². The van der Waals surface area contributed by atoms with Gasteiger partial charge in [0.2, 0.25) is 5.91 Å². The van der Waals surface area contributed by atoms with E-state index in [0.717, 1.165) is 31.0 Å². The zero-order chi connectivity index (χ0) is 30.2. The first-order valence-corrected chi connectivity index (χ1v) is 14.3. The summed E-state index contributed by atoms with van der Waals surface area (Å²) >= 11 is 0.697. The second-order valence-corrected chi connectivity index (χ2v) is 12.0. The van der Waals surface area contributed by atoms with Gasteiger partial charge in [0.05, 0.1) is 28.3 Å². The number of piperazine rings is 1. The summed E-state index contributed by atoms with van der Waals surface area (Å²) in [6, 6.07) is 4.16. The number of hydrogen-bond acceptors (Lipinski definition) is 9. The average Bonchev–Trinajstić information content (AvgIpc) is 3.47. The highest BCUT2D eigenvalue weighted by Gasteiger charge is 2.40. The Kier molecular flexibility index (Phi) is 6.33. The van der Waals surface area contributed by atoms with Crippen molar-refractivity contribution in [1.29, 1.82) is 5.26 Å². The lowest BCUT2D eigenvalue weighted by Crippen LogP contribution is -2.52. The van der Waals surface area contributed by atoms with Gasteiger partial charge in [-0.05, 0) is 30.5 Å². The van der Waals surface area contributed by atoms with Crippen LogP contribution in [0.3, 0.4) is 0 Å². The molecule has 3 aliphatic heterocycles. The van der Waals surface area contributed by atoms with E-state index in [4.69, 9.17) is 10.5 Å². The van der Waals surface area contributed by atoms with Crippen molar-refractivity contribution in [1.82, 2.24) is 20.6 Å². The Morgan fingerprint density at radius 1 is 1.19 bits per heavy atom. The number of nitrogens with one attached hydrogen (secondary N) is 2. The first-order chi connectivity index (χ1) is 20.5. The fourth-order valence-electron chi connectivity index (χ4n) is 6.17. The molecule has 3 aliphatic rings. The second kappa shape index (κ2) is 9.88. The Hall–Kier alpha value is -4.29. The number of carbonyl (C=O) groups is 1. The third kappa shape index (κ3) is 4.56. The number of nitrogens with two attached hydrogens (primary N) is 1. The van der Waals surface area contributed by atoms with Crippen molar-refractivity contribution in [2.24, 2.45) is 0 Å². The summed E-state index contributed by atoms with van der Waals surface area (Å²) in [6.45, 7) is 0.852. The predicted octanol–water partition coefficient (Wildman–Crippen LogP) is 4.47. The van der Waals surface area contributed by atoms with Crippen molar-refractivity contribution in [3.8, 4) is 23.2 Å². The molecule has 3 saturated heterocycles. The molecule has 2 bridgehead atoms. The molecular weight excluding hydrogens is 593 g/mol. The van der Waals surface area contributed by atoms with Crippen molar-refractivity contribution < 1.29 is 31.5 Å². The Morgan fingerprint density at radius 3 is 2.56 bits per heavy atom. The van der Waals surface area contributed by atoms with Gasteiger partial charge < -0.3 is 26.0 Å². The second-order valence-electron chi connectivity index (χ2n) is 10.9. The largest absolute Gasteiger partial charge is 0.461 e. The highest BCUT2D eigenvalue weighted by molar-refractivity contribution is 7.23. The number of β-lactam (4-membered cyclic amide) rings is 1. The highest BCUT2D eigenvalue weighted by Crippen LogP contribution is 2.48. The van der Waals surface area contributed by atoms with Crippen molar-refractivity contribution in [3.63, 3.8) is 0 Å². The molecule has 222 valence electrons. The summed E-state index contributed by atoms with van der Waals surface area (Å²) in [4.78, 5) is 21.8. The van der Waals surface area contributed by atoms with Crippen LogP contribution in [-0.2, 0) is 11.0 Å². The van der Waals surface area contributed by atoms with Crippen molar-refractivity contribution >= 4 is 49.1 Å². The number of aromatic nitrogens is 2. The van der Waals surface area contributed by atoms with Gasteiger partial charge in [-0.1, -0.05) is 6.07 Å². The Bertz CT molecular complexity index is 1850. The smallest absolute Gasteiger partial charge is 0.417 e. The lowest BCUT2D eigenvalue weighted by molar-refractivity contribution is -0.137. The van der Waals surface area contributed by atoms with E-state index >= 15 is 4.39 Å². The van der Waals surface area contributed by atoms with E-state index in [1.807, 2.05) is 11.0 Å². The van der Waals surface area contributed by atoms with Crippen molar-refractivity contribution in [3.05, 3.63) is 41.0 Å². The Labute approximate surface area is 244 Å². The van der Waals surface area contributed by atoms with E-state index < -0.39 is 34.5 Å². The van der Waals surface area contributed by atoms with Gasteiger partial charge in [-0.2, -0.15) is 28.4 Å². The van der Waals surface area contributed by atoms with Crippen LogP contribution in [0.2, 0.25) is 0 Å². The van der Waals surface area contributed by atoms with Crippen LogP contribution in [0.1, 0.15) is 30.4 Å². The number of rotatable bonds is 5. The maximum absolute atomic E-state index is 16.7. The van der Waals surface area contributed by atoms with Gasteiger partial charge in [-0.15, -0.1) is 11.3 Å². The van der Waals surface area contributed by atoms with Crippen LogP contribution < -0.4 is 26.0 Å². The summed E-state index contributed by atoms with van der Waals surface area (Å²) in [5, 5.41) is 15.3. The molecule has 0 aliphatic carbocycles. The molecule has 0 radical (unpaired) electrons. The van der Waals surface area contributed by atoms with Crippen LogP contribution >= 0.6 is 11.3 Å². The van der Waals surface area contributed by atoms with E-state index in [2.05, 4.69) is 20.6 Å². The third-order valence-corrected chi connectivity index (χ3v) is 9.15. The van der Waals surface area contributed by atoms with Crippen molar-refractivity contribution in [2.45, 2.75) is 43.6 Å². The molecule has 1 amide bonds. The molecule has 3 unspecified atom stereocenters. The number of benzene rings is 2. The number of thiophene rings is 1. The molecule has 3 fully saturated rings. The standard InChI is InChI=1S/C28H22F5N7O2S/c29-18-4-3-14(20-16(7-34)25(35)43-24(18)20)21-17(28(31,32)33)6-15-23(22(21)30)38-27(42-10-13-5-19(41)37-13)39-26(15)40-8-11-1-2-12(9-40)36-11/h3-4,6,11-13,36H,1-2,5,8-10,35H2,(H,37,41). The molecule has 9 nitrogen and oxygen atoms in total. The van der Waals surface area contributed by atoms with Crippen LogP contribution in [0.15, 0.2) is 18.2 Å². The molecule has 2 aromatic carbocycles. The average molecular weight is 616 g/mol. The Morgan fingerprint density at radius 2 is 1.91 bits per heavy atom. The highest BCUT2D eigenvalue weighted by atomic mass is 32.1. The number of halogens is 5. The van der Waals surface area contributed by atoms with Gasteiger partial charge in [0.1, 0.15) is 34.8 Å². The molecule has 5 heterocycles. The van der Waals surface area contributed by atoms with Gasteiger partial charge in [0, 0.05) is 41.5 Å². The molecule has 2 aromatic heterocycles. The number of amides is 1. The van der Waals surface area contributed by atoms with Gasteiger partial charge in [0.15, 0.2) is 5.82 Å². The summed E-state index contributed by atoms with van der Waals surface area (Å²) in [5.41, 5.74) is 2.68. The van der Waals surface area contributed by atoms with Crippen LogP contribution in [0.25, 0.3) is 32.1 Å². The maximum Gasteiger partial charge on any atom is 0.417 e. The number of anilines is 2. The SMILES string of the molecule is N#Cc1c(N)sc2c(F)ccc(-c3c(C(F)(F)F)cc4c(N5CC6CCC(C5)N6)nc(OCC5CC(=O)N5)nc4c3F)c12. The fourth-order valence-corrected chi connectivity index (χ4v) is 7.12. The molecule has 7 rings (SSSR count). The van der Waals surface area contributed by atoms with E-state index in [9.17, 15) is 27.6 Å². The van der Waals surface area contributed by atoms with E-state index in [0.29, 0.717) is 24.4 Å². The summed E-state index contributed by atoms with van der Waals surface area (Å²) in [6.07, 6.45) is -3.06. The number of alkyl halides is 3. The zero-order valence-electron chi connectivity index (χ0n) is 22.2. The molecule has 0 saturated carbocycles. The minimum atomic E-state index is -5.04. The minimum absolute atomic E-state index is 0.0170. The first kappa shape index (κ1) is 27.5. The number of nitrogens with zero attached hydrogens (tertiary/aromatic N) is 4. The molecule has 15 heteroatoms. The monoisotopic (exact) mass is 615 g/mol. The zero-order valence-corrected chi connectivity index (χ0v) is 23.0. The van der Waals surface area contributed by atoms with Gasteiger partial charge in [-0.3, -0.25) is 4.79 Å². The molecule has 4 N–H and O–H groups in total. The van der Waals surface area contributed by atoms with E-state index in [1.54, 1.807) is 0 Å². The molecular formula is C28H22F5N7O2S. The molecule has 3 atom stereocenters. The number of hydrogen-bond donors (Lipinski definition) is 3. The first-order valence-electron chi connectivity index (χ1n) is 13.5. The minimum Gasteiger partial charge on any atom is -0.461 e. The number of nitrogen functional groups attached to an aromatic ring is 1. The van der Waals surface area contributed by atoms with Crippen LogP contribution in [0.5, 0.6) is 6.01 Å². The van der Waals surface area contributed by atoms with Crippen LogP contribution in [0.4, 0.5) is 32.8 Å². The van der Waals surface area contributed by atoms with Gasteiger partial charge in [0.25, 0.3) is 0 Å². The number of ether oxygens (including phenoxy) is 1. The topological polar surface area (TPSA) is 129 Å². The fraction of sp³-hybridized carbons (Fsp3) is 0.357. The molecule has 4 aromatic rings. The summed E-state index contributed by atoms with van der Waals surface area (Å²) in [7, 11) is 0. The quantitative estimate of drug-likeness (QED) is 0.222. The number of fused-ring (bicyclic) bond motifs is 4. The van der Waals surface area contributed by atoms with Crippen molar-refractivity contribution in [2.75, 3.05) is 30.3 Å². The normalized spacial score (nSPS) is 21.6. The summed E-state index contributed by atoms with van der Waals surface area (Å²) < 4.78 is 81.2. The van der Waals surface area contributed by atoms with E-state index in [-0.39, 0.29) is 80.5 Å². The number of nitriles is 1. The van der Waals surface area contributed by atoms with Crippen LogP contribution in [0, 0.1) is 23.0 Å². The lowest BCUT2D eigenvalue weighted by Gasteiger charge is -2.34. The third-order valence-electron chi connectivity index (χ3n) is 8.12. The van der Waals surface area contributed by atoms with Gasteiger partial charge in [-0.25, -0.2) is 8.78 Å². The number of carbonyl (C=O) groups excluding carboxylic acids is 1.